The standard InChI is InChI=1S/C22H42O3/c1-2-3-4-5-6-7-8-9-11-14-17-21(24)18-15-12-10-13-16-19-22(25)20-23/h15,18,22-23,25H,2-14,16-17,19-20H2,1H3/b18-15+/t22-/m0/s1. The fourth-order valence-electron chi connectivity index (χ4n) is 2.99. The fraction of sp³-hybridized carbons (Fsp3) is 0.864. The molecule has 0 aliphatic heterocycles. The number of aliphatic hydroxyl groups is 2. The number of allylic oxidation sites excluding steroid dienone is 2. The summed E-state index contributed by atoms with van der Waals surface area (Å²) in [5.74, 6) is 0.260. The topological polar surface area (TPSA) is 57.5 Å². The first-order valence-electron chi connectivity index (χ1n) is 10.7. The van der Waals surface area contributed by atoms with Crippen LogP contribution < -0.4 is 0 Å². The monoisotopic (exact) mass is 354 g/mol. The number of hydrogen-bond acceptors (Lipinski definition) is 3. The number of aliphatic hydroxyl groups excluding tert-OH is 2. The Balaban J connectivity index is 3.29. The van der Waals surface area contributed by atoms with E-state index in [1.165, 1.54) is 57.8 Å². The Morgan fingerprint density at radius 3 is 2.00 bits per heavy atom. The van der Waals surface area contributed by atoms with Crippen LogP contribution in [0.3, 0.4) is 0 Å². The Bertz CT molecular complexity index is 312. The van der Waals surface area contributed by atoms with Gasteiger partial charge < -0.3 is 10.2 Å². The number of rotatable bonds is 19. The third-order valence-electron chi connectivity index (χ3n) is 4.70. The van der Waals surface area contributed by atoms with E-state index in [4.69, 9.17) is 5.11 Å². The molecule has 0 aliphatic carbocycles. The van der Waals surface area contributed by atoms with Gasteiger partial charge in [0.25, 0.3) is 0 Å². The molecule has 0 spiro atoms. The minimum atomic E-state index is -0.571. The molecule has 0 aliphatic rings. The largest absolute Gasteiger partial charge is 0.394 e. The molecular weight excluding hydrogens is 312 g/mol. The van der Waals surface area contributed by atoms with Gasteiger partial charge in [0, 0.05) is 6.42 Å². The van der Waals surface area contributed by atoms with Gasteiger partial charge in [-0.25, -0.2) is 0 Å². The summed E-state index contributed by atoms with van der Waals surface area (Å²) in [4.78, 5) is 11.7. The molecule has 1 atom stereocenters. The van der Waals surface area contributed by atoms with Gasteiger partial charge >= 0.3 is 0 Å². The van der Waals surface area contributed by atoms with Crippen molar-refractivity contribution in [1.29, 1.82) is 0 Å². The smallest absolute Gasteiger partial charge is 0.155 e. The van der Waals surface area contributed by atoms with Crippen molar-refractivity contribution >= 4 is 5.78 Å². The highest BCUT2D eigenvalue weighted by molar-refractivity contribution is 5.89. The third kappa shape index (κ3) is 19.5. The molecule has 3 heteroatoms. The highest BCUT2D eigenvalue weighted by Gasteiger charge is 2.00. The zero-order valence-corrected chi connectivity index (χ0v) is 16.6. The lowest BCUT2D eigenvalue weighted by molar-refractivity contribution is -0.114. The summed E-state index contributed by atoms with van der Waals surface area (Å²) in [6.45, 7) is 2.11. The summed E-state index contributed by atoms with van der Waals surface area (Å²) < 4.78 is 0. The molecule has 0 saturated carbocycles. The molecule has 0 saturated heterocycles. The first-order chi connectivity index (χ1) is 12.2. The molecular formula is C22H42O3. The summed E-state index contributed by atoms with van der Waals surface area (Å²) in [6.07, 6.45) is 21.5. The second kappa shape index (κ2) is 19.7. The Hall–Kier alpha value is -0.670. The van der Waals surface area contributed by atoms with Gasteiger partial charge in [-0.15, -0.1) is 0 Å². The zero-order chi connectivity index (χ0) is 18.6. The van der Waals surface area contributed by atoms with Crippen molar-refractivity contribution in [3.05, 3.63) is 12.2 Å². The molecule has 0 bridgehead atoms. The minimum absolute atomic E-state index is 0.145. The average molecular weight is 355 g/mol. The Kier molecular flexibility index (Phi) is 19.1. The first-order valence-corrected chi connectivity index (χ1v) is 10.7. The quantitative estimate of drug-likeness (QED) is 0.230. The molecule has 0 unspecified atom stereocenters. The Morgan fingerprint density at radius 1 is 0.840 bits per heavy atom. The molecule has 0 heterocycles. The van der Waals surface area contributed by atoms with E-state index in [9.17, 15) is 9.90 Å². The van der Waals surface area contributed by atoms with Gasteiger partial charge in [0.05, 0.1) is 12.7 Å². The normalized spacial score (nSPS) is 12.8. The van der Waals surface area contributed by atoms with Crippen LogP contribution in [0.1, 0.15) is 110 Å². The highest BCUT2D eigenvalue weighted by Crippen LogP contribution is 2.11. The van der Waals surface area contributed by atoms with Gasteiger partial charge in [0.2, 0.25) is 0 Å². The van der Waals surface area contributed by atoms with Crippen molar-refractivity contribution in [3.63, 3.8) is 0 Å². The van der Waals surface area contributed by atoms with Gasteiger partial charge in [-0.3, -0.25) is 4.79 Å². The van der Waals surface area contributed by atoms with E-state index in [-0.39, 0.29) is 12.4 Å². The van der Waals surface area contributed by atoms with Crippen LogP contribution in [0.2, 0.25) is 0 Å². The lowest BCUT2D eigenvalue weighted by Gasteiger charge is -2.05. The molecule has 0 fully saturated rings. The molecule has 148 valence electrons. The van der Waals surface area contributed by atoms with Crippen molar-refractivity contribution in [2.24, 2.45) is 0 Å². The van der Waals surface area contributed by atoms with Gasteiger partial charge in [-0.05, 0) is 31.8 Å². The number of hydrogen-bond donors (Lipinski definition) is 2. The Labute approximate surface area is 155 Å². The van der Waals surface area contributed by atoms with E-state index in [2.05, 4.69) is 6.92 Å². The number of carbonyl (C=O) groups is 1. The molecule has 2 N–H and O–H groups in total. The van der Waals surface area contributed by atoms with Crippen molar-refractivity contribution in [1.82, 2.24) is 0 Å². The molecule has 0 rings (SSSR count). The average Bonchev–Trinajstić information content (AvgIpc) is 2.62. The fourth-order valence-corrected chi connectivity index (χ4v) is 2.99. The van der Waals surface area contributed by atoms with Crippen LogP contribution in [0.4, 0.5) is 0 Å². The van der Waals surface area contributed by atoms with Gasteiger partial charge in [-0.2, -0.15) is 0 Å². The molecule has 0 radical (unpaired) electrons. The summed E-state index contributed by atoms with van der Waals surface area (Å²) in [6, 6.07) is 0. The van der Waals surface area contributed by atoms with Crippen LogP contribution in [0.25, 0.3) is 0 Å². The summed E-state index contributed by atoms with van der Waals surface area (Å²) in [7, 11) is 0. The van der Waals surface area contributed by atoms with Crippen LogP contribution in [0.15, 0.2) is 12.2 Å². The van der Waals surface area contributed by atoms with E-state index in [0.29, 0.717) is 12.8 Å². The maximum Gasteiger partial charge on any atom is 0.155 e. The predicted molar refractivity (Wildman–Crippen MR) is 107 cm³/mol. The van der Waals surface area contributed by atoms with Gasteiger partial charge in [0.1, 0.15) is 0 Å². The number of ketones is 1. The molecule has 0 aromatic rings. The third-order valence-corrected chi connectivity index (χ3v) is 4.70. The molecule has 25 heavy (non-hydrogen) atoms. The summed E-state index contributed by atoms with van der Waals surface area (Å²) >= 11 is 0. The van der Waals surface area contributed by atoms with Crippen molar-refractivity contribution in [3.8, 4) is 0 Å². The van der Waals surface area contributed by atoms with Crippen LogP contribution in [0, 0.1) is 0 Å². The van der Waals surface area contributed by atoms with Crippen molar-refractivity contribution in [2.45, 2.75) is 116 Å². The van der Waals surface area contributed by atoms with E-state index >= 15 is 0 Å². The second-order valence-electron chi connectivity index (χ2n) is 7.28. The maximum atomic E-state index is 11.7. The van der Waals surface area contributed by atoms with E-state index in [0.717, 1.165) is 32.1 Å². The van der Waals surface area contributed by atoms with E-state index in [1.807, 2.05) is 6.08 Å². The number of unbranched alkanes of at least 4 members (excludes halogenated alkanes) is 12. The minimum Gasteiger partial charge on any atom is -0.394 e. The van der Waals surface area contributed by atoms with Crippen LogP contribution in [-0.2, 0) is 4.79 Å². The second-order valence-corrected chi connectivity index (χ2v) is 7.28. The van der Waals surface area contributed by atoms with Gasteiger partial charge in [-0.1, -0.05) is 83.6 Å². The number of carbonyl (C=O) groups excluding carboxylic acids is 1. The lowest BCUT2D eigenvalue weighted by Crippen LogP contribution is -2.10. The lowest BCUT2D eigenvalue weighted by atomic mass is 10.0. The van der Waals surface area contributed by atoms with Crippen LogP contribution in [0.5, 0.6) is 0 Å². The van der Waals surface area contributed by atoms with Gasteiger partial charge in [0.15, 0.2) is 5.78 Å². The molecule has 0 aromatic carbocycles. The summed E-state index contributed by atoms with van der Waals surface area (Å²) in [5.41, 5.74) is 0. The molecule has 0 amide bonds. The zero-order valence-electron chi connectivity index (χ0n) is 16.6. The van der Waals surface area contributed by atoms with Crippen LogP contribution >= 0.6 is 0 Å². The van der Waals surface area contributed by atoms with Crippen LogP contribution in [-0.4, -0.2) is 28.7 Å². The van der Waals surface area contributed by atoms with E-state index < -0.39 is 6.10 Å². The maximum absolute atomic E-state index is 11.7. The summed E-state index contributed by atoms with van der Waals surface area (Å²) in [5, 5.41) is 17.9. The van der Waals surface area contributed by atoms with Crippen molar-refractivity contribution in [2.75, 3.05) is 6.61 Å². The SMILES string of the molecule is CCCCCCCCCCCCC(=O)/C=C/CCCCC[C@H](O)CO. The van der Waals surface area contributed by atoms with Crippen molar-refractivity contribution < 1.29 is 15.0 Å². The highest BCUT2D eigenvalue weighted by atomic mass is 16.3. The molecule has 3 nitrogen and oxygen atoms in total. The predicted octanol–water partition coefficient (Wildman–Crippen LogP) is 5.73. The molecule has 0 aromatic heterocycles. The van der Waals surface area contributed by atoms with E-state index in [1.54, 1.807) is 6.08 Å². The first kappa shape index (κ1) is 24.3. The Morgan fingerprint density at radius 2 is 1.40 bits per heavy atom.